The number of anilines is 1. The number of aromatic nitrogens is 1. The van der Waals surface area contributed by atoms with E-state index in [0.717, 1.165) is 5.56 Å². The van der Waals surface area contributed by atoms with Crippen molar-refractivity contribution in [2.75, 3.05) is 18.5 Å². The Balaban J connectivity index is 1.53. The molecule has 1 N–H and O–H groups in total. The van der Waals surface area contributed by atoms with Crippen LogP contribution in [0.4, 0.5) is 11.4 Å². The number of nitrogens with one attached hydrogen (secondary N) is 1. The van der Waals surface area contributed by atoms with E-state index in [-0.39, 0.29) is 29.2 Å². The summed E-state index contributed by atoms with van der Waals surface area (Å²) in [4.78, 5) is 35.3. The van der Waals surface area contributed by atoms with Crippen LogP contribution in [0.5, 0.6) is 11.5 Å². The van der Waals surface area contributed by atoms with Gasteiger partial charge in [0.2, 0.25) is 0 Å². The van der Waals surface area contributed by atoms with E-state index in [1.54, 1.807) is 47.2 Å². The summed E-state index contributed by atoms with van der Waals surface area (Å²) in [5, 5.41) is 14.1. The molecule has 3 aromatic rings. The van der Waals surface area contributed by atoms with Gasteiger partial charge in [-0.1, -0.05) is 18.2 Å². The van der Waals surface area contributed by atoms with Gasteiger partial charge in [-0.15, -0.1) is 0 Å². The third-order valence-electron chi connectivity index (χ3n) is 4.57. The van der Waals surface area contributed by atoms with Crippen molar-refractivity contribution >= 4 is 17.3 Å². The molecule has 0 spiro atoms. The lowest BCUT2D eigenvalue weighted by Gasteiger charge is -2.18. The summed E-state index contributed by atoms with van der Waals surface area (Å²) < 4.78 is 12.3. The fraction of sp³-hybridized carbons (Fsp3) is 0.143. The molecule has 0 radical (unpaired) electrons. The molecule has 0 aliphatic carbocycles. The van der Waals surface area contributed by atoms with Gasteiger partial charge in [0.15, 0.2) is 11.5 Å². The molecule has 2 aromatic carbocycles. The highest BCUT2D eigenvalue weighted by Crippen LogP contribution is 2.36. The van der Waals surface area contributed by atoms with E-state index in [4.69, 9.17) is 9.47 Å². The summed E-state index contributed by atoms with van der Waals surface area (Å²) >= 11 is 0. The monoisotopic (exact) mass is 407 g/mol. The molecule has 0 fully saturated rings. The maximum absolute atomic E-state index is 12.7. The van der Waals surface area contributed by atoms with Crippen LogP contribution in [-0.2, 0) is 6.54 Å². The first-order valence-electron chi connectivity index (χ1n) is 9.15. The van der Waals surface area contributed by atoms with Crippen LogP contribution >= 0.6 is 0 Å². The van der Waals surface area contributed by atoms with Gasteiger partial charge in [0.25, 0.3) is 17.2 Å². The second kappa shape index (κ2) is 8.08. The largest absolute Gasteiger partial charge is 0.486 e. The Morgan fingerprint density at radius 1 is 1.07 bits per heavy atom. The highest BCUT2D eigenvalue weighted by Gasteiger charge is 2.26. The summed E-state index contributed by atoms with van der Waals surface area (Å²) in [6.07, 6.45) is 1.69. The number of nitro benzene ring substituents is 1. The normalized spacial score (nSPS) is 12.3. The van der Waals surface area contributed by atoms with Crippen LogP contribution in [0.2, 0.25) is 0 Å². The van der Waals surface area contributed by atoms with Crippen molar-refractivity contribution in [1.82, 2.24) is 4.57 Å². The van der Waals surface area contributed by atoms with Crippen LogP contribution < -0.4 is 20.3 Å². The van der Waals surface area contributed by atoms with E-state index in [0.29, 0.717) is 24.6 Å². The van der Waals surface area contributed by atoms with E-state index in [1.165, 1.54) is 18.2 Å². The Hall–Kier alpha value is -4.14. The Kier molecular flexibility index (Phi) is 5.17. The molecule has 1 aliphatic heterocycles. The predicted octanol–water partition coefficient (Wildman–Crippen LogP) is 2.83. The maximum Gasteiger partial charge on any atom is 0.286 e. The molecule has 2 heterocycles. The lowest BCUT2D eigenvalue weighted by Crippen LogP contribution is -2.19. The predicted molar refractivity (Wildman–Crippen MR) is 108 cm³/mol. The zero-order valence-electron chi connectivity index (χ0n) is 15.7. The standard InChI is InChI=1S/C21H17N3O6/c25-20-3-1-2-8-23(20)13-14-4-6-15(7-5-14)22-21(26)16-11-18-19(30-10-9-29-18)12-17(16)24(27)28/h1-8,11-12H,9-10,13H2,(H,22,26). The van der Waals surface area contributed by atoms with Crippen LogP contribution in [0.15, 0.2) is 65.6 Å². The lowest BCUT2D eigenvalue weighted by atomic mass is 10.1. The van der Waals surface area contributed by atoms with Crippen LogP contribution in [-0.4, -0.2) is 28.6 Å². The van der Waals surface area contributed by atoms with Crippen molar-refractivity contribution in [3.05, 3.63) is 92.4 Å². The van der Waals surface area contributed by atoms with E-state index in [2.05, 4.69) is 5.32 Å². The summed E-state index contributed by atoms with van der Waals surface area (Å²) in [6.45, 7) is 0.983. The molecule has 9 heteroatoms. The number of nitrogens with zero attached hydrogens (tertiary/aromatic N) is 2. The molecule has 152 valence electrons. The fourth-order valence-electron chi connectivity index (χ4n) is 3.09. The van der Waals surface area contributed by atoms with E-state index in [1.807, 2.05) is 0 Å². The number of benzene rings is 2. The fourth-order valence-corrected chi connectivity index (χ4v) is 3.09. The number of hydrogen-bond acceptors (Lipinski definition) is 6. The first-order chi connectivity index (χ1) is 14.5. The van der Waals surface area contributed by atoms with Gasteiger partial charge >= 0.3 is 0 Å². The highest BCUT2D eigenvalue weighted by atomic mass is 16.6. The Bertz CT molecular complexity index is 1170. The molecule has 0 atom stereocenters. The maximum atomic E-state index is 12.7. The van der Waals surface area contributed by atoms with Crippen LogP contribution in [0.1, 0.15) is 15.9 Å². The number of carbonyl (C=O) groups is 1. The van der Waals surface area contributed by atoms with Crippen molar-refractivity contribution in [2.24, 2.45) is 0 Å². The molecule has 9 nitrogen and oxygen atoms in total. The van der Waals surface area contributed by atoms with Crippen LogP contribution in [0, 0.1) is 10.1 Å². The number of fused-ring (bicyclic) bond motifs is 1. The zero-order chi connectivity index (χ0) is 21.1. The number of carbonyl (C=O) groups excluding carboxylic acids is 1. The SMILES string of the molecule is O=C(Nc1ccc(Cn2ccccc2=O)cc1)c1cc2c(cc1[N+](=O)[O-])OCCO2. The number of hydrogen-bond donors (Lipinski definition) is 1. The first kappa shape index (κ1) is 19.2. The van der Waals surface area contributed by atoms with Crippen molar-refractivity contribution in [3.8, 4) is 11.5 Å². The zero-order valence-corrected chi connectivity index (χ0v) is 15.7. The number of ether oxygens (including phenoxy) is 2. The smallest absolute Gasteiger partial charge is 0.286 e. The van der Waals surface area contributed by atoms with Gasteiger partial charge in [0.1, 0.15) is 18.8 Å². The van der Waals surface area contributed by atoms with Crippen molar-refractivity contribution in [2.45, 2.75) is 6.54 Å². The second-order valence-corrected chi connectivity index (χ2v) is 6.59. The molecule has 30 heavy (non-hydrogen) atoms. The number of nitro groups is 1. The second-order valence-electron chi connectivity index (χ2n) is 6.59. The Labute approximate surface area is 170 Å². The third kappa shape index (κ3) is 4.00. The molecular formula is C21H17N3O6. The first-order valence-corrected chi connectivity index (χ1v) is 9.15. The average molecular weight is 407 g/mol. The minimum atomic E-state index is -0.634. The molecule has 1 aromatic heterocycles. The van der Waals surface area contributed by atoms with Gasteiger partial charge in [0.05, 0.1) is 17.5 Å². The van der Waals surface area contributed by atoms with Crippen LogP contribution in [0.25, 0.3) is 0 Å². The molecule has 0 saturated carbocycles. The summed E-state index contributed by atoms with van der Waals surface area (Å²) in [6, 6.07) is 14.3. The van der Waals surface area contributed by atoms with E-state index < -0.39 is 10.8 Å². The molecule has 4 rings (SSSR count). The summed E-state index contributed by atoms with van der Waals surface area (Å²) in [5.74, 6) is -0.101. The Morgan fingerprint density at radius 3 is 2.43 bits per heavy atom. The van der Waals surface area contributed by atoms with Gasteiger partial charge in [-0.3, -0.25) is 19.7 Å². The lowest BCUT2D eigenvalue weighted by molar-refractivity contribution is -0.385. The average Bonchev–Trinajstić information content (AvgIpc) is 2.75. The number of amides is 1. The van der Waals surface area contributed by atoms with E-state index >= 15 is 0 Å². The van der Waals surface area contributed by atoms with Gasteiger partial charge in [-0.2, -0.15) is 0 Å². The Morgan fingerprint density at radius 2 is 1.77 bits per heavy atom. The quantitative estimate of drug-likeness (QED) is 0.514. The van der Waals surface area contributed by atoms with Crippen molar-refractivity contribution in [3.63, 3.8) is 0 Å². The van der Waals surface area contributed by atoms with Gasteiger partial charge in [-0.05, 0) is 23.8 Å². The third-order valence-corrected chi connectivity index (χ3v) is 4.57. The van der Waals surface area contributed by atoms with Gasteiger partial charge < -0.3 is 19.4 Å². The molecule has 0 unspecified atom stereocenters. The topological polar surface area (TPSA) is 113 Å². The number of rotatable bonds is 5. The minimum Gasteiger partial charge on any atom is -0.486 e. The minimum absolute atomic E-state index is 0.110. The summed E-state index contributed by atoms with van der Waals surface area (Å²) in [7, 11) is 0. The summed E-state index contributed by atoms with van der Waals surface area (Å²) in [5.41, 5.74) is 0.738. The highest BCUT2D eigenvalue weighted by molar-refractivity contribution is 6.07. The number of pyridine rings is 1. The van der Waals surface area contributed by atoms with Gasteiger partial charge in [0, 0.05) is 24.0 Å². The molecular weight excluding hydrogens is 390 g/mol. The molecule has 1 aliphatic rings. The van der Waals surface area contributed by atoms with Crippen molar-refractivity contribution in [1.29, 1.82) is 0 Å². The van der Waals surface area contributed by atoms with Gasteiger partial charge in [-0.25, -0.2) is 0 Å². The molecule has 0 bridgehead atoms. The van der Waals surface area contributed by atoms with E-state index in [9.17, 15) is 19.7 Å². The molecule has 0 saturated heterocycles. The molecule has 1 amide bonds. The van der Waals surface area contributed by atoms with Crippen LogP contribution in [0.3, 0.4) is 0 Å². The van der Waals surface area contributed by atoms with Crippen molar-refractivity contribution < 1.29 is 19.2 Å².